The van der Waals surface area contributed by atoms with Crippen LogP contribution in [-0.2, 0) is 12.5 Å². The molecule has 1 fully saturated rings. The fraction of sp³-hybridized carbons (Fsp3) is 0.778. The predicted molar refractivity (Wildman–Crippen MR) is 54.9 cm³/mol. The van der Waals surface area contributed by atoms with Crippen molar-refractivity contribution in [2.75, 3.05) is 18.8 Å². The number of aromatic nitrogens is 3. The molecule has 0 bridgehead atoms. The first-order chi connectivity index (χ1) is 6.62. The molecule has 5 nitrogen and oxygen atoms in total. The van der Waals surface area contributed by atoms with Crippen LogP contribution in [0.3, 0.4) is 0 Å². The number of anilines is 1. The monoisotopic (exact) mass is 195 g/mol. The number of aryl methyl sites for hydroxylation is 1. The van der Waals surface area contributed by atoms with Gasteiger partial charge in [0.1, 0.15) is 0 Å². The molecule has 0 radical (unpaired) electrons. The van der Waals surface area contributed by atoms with Gasteiger partial charge in [0.05, 0.1) is 0 Å². The summed E-state index contributed by atoms with van der Waals surface area (Å²) >= 11 is 0. The third-order valence-corrected chi connectivity index (χ3v) is 2.93. The second kappa shape index (κ2) is 3.24. The third kappa shape index (κ3) is 1.48. The summed E-state index contributed by atoms with van der Waals surface area (Å²) in [7, 11) is 1.82. The lowest BCUT2D eigenvalue weighted by molar-refractivity contribution is 0.323. The largest absolute Gasteiger partial charge is 0.368 e. The van der Waals surface area contributed by atoms with Gasteiger partial charge in [-0.25, -0.2) is 4.68 Å². The van der Waals surface area contributed by atoms with Crippen LogP contribution in [0.5, 0.6) is 0 Å². The molecule has 3 N–H and O–H groups in total. The van der Waals surface area contributed by atoms with Crippen molar-refractivity contribution in [2.24, 2.45) is 7.05 Å². The first-order valence-electron chi connectivity index (χ1n) is 4.99. The zero-order valence-electron chi connectivity index (χ0n) is 8.75. The molecular formula is C9H17N5. The van der Waals surface area contributed by atoms with Gasteiger partial charge in [-0.2, -0.15) is 10.1 Å². The molecule has 1 aliphatic rings. The molecule has 1 unspecified atom stereocenters. The van der Waals surface area contributed by atoms with Crippen LogP contribution in [0.15, 0.2) is 0 Å². The maximum atomic E-state index is 5.68. The van der Waals surface area contributed by atoms with E-state index >= 15 is 0 Å². The summed E-state index contributed by atoms with van der Waals surface area (Å²) < 4.78 is 1.63. The Kier molecular flexibility index (Phi) is 2.19. The van der Waals surface area contributed by atoms with E-state index in [0.717, 1.165) is 25.3 Å². The van der Waals surface area contributed by atoms with E-state index in [1.165, 1.54) is 6.42 Å². The molecule has 2 rings (SSSR count). The molecule has 0 aliphatic carbocycles. The van der Waals surface area contributed by atoms with E-state index in [9.17, 15) is 0 Å². The molecule has 1 aromatic heterocycles. The Bertz CT molecular complexity index is 304. The third-order valence-electron chi connectivity index (χ3n) is 2.93. The fourth-order valence-corrected chi connectivity index (χ4v) is 1.90. The van der Waals surface area contributed by atoms with Crippen molar-refractivity contribution >= 4 is 5.95 Å². The smallest absolute Gasteiger partial charge is 0.218 e. The van der Waals surface area contributed by atoms with E-state index in [4.69, 9.17) is 5.73 Å². The van der Waals surface area contributed by atoms with Gasteiger partial charge in [-0.15, -0.1) is 0 Å². The van der Waals surface area contributed by atoms with Crippen molar-refractivity contribution in [3.8, 4) is 0 Å². The molecule has 5 heteroatoms. The number of hydrogen-bond donors (Lipinski definition) is 2. The summed E-state index contributed by atoms with van der Waals surface area (Å²) in [6.45, 7) is 4.22. The summed E-state index contributed by atoms with van der Waals surface area (Å²) in [4.78, 5) is 4.30. The predicted octanol–water partition coefficient (Wildman–Crippen LogP) is 0.0384. The van der Waals surface area contributed by atoms with Crippen LogP contribution < -0.4 is 11.1 Å². The Morgan fingerprint density at radius 3 is 2.86 bits per heavy atom. The van der Waals surface area contributed by atoms with Gasteiger partial charge in [0, 0.05) is 19.0 Å². The summed E-state index contributed by atoms with van der Waals surface area (Å²) in [5.74, 6) is 1.36. The average molecular weight is 195 g/mol. The molecule has 14 heavy (non-hydrogen) atoms. The van der Waals surface area contributed by atoms with Crippen LogP contribution in [0.1, 0.15) is 25.6 Å². The summed E-state index contributed by atoms with van der Waals surface area (Å²) in [6, 6.07) is 0. The molecule has 2 heterocycles. The Hall–Kier alpha value is -1.10. The number of nitrogens with two attached hydrogens (primary N) is 1. The van der Waals surface area contributed by atoms with E-state index in [0.29, 0.717) is 5.95 Å². The summed E-state index contributed by atoms with van der Waals surface area (Å²) in [5, 5.41) is 7.72. The van der Waals surface area contributed by atoms with Crippen LogP contribution in [0, 0.1) is 0 Å². The number of piperidine rings is 1. The van der Waals surface area contributed by atoms with Gasteiger partial charge >= 0.3 is 0 Å². The lowest BCUT2D eigenvalue weighted by Gasteiger charge is -2.31. The van der Waals surface area contributed by atoms with Crippen LogP contribution in [0.4, 0.5) is 5.95 Å². The minimum Gasteiger partial charge on any atom is -0.368 e. The van der Waals surface area contributed by atoms with E-state index in [1.807, 2.05) is 7.05 Å². The first kappa shape index (κ1) is 9.45. The van der Waals surface area contributed by atoms with Crippen molar-refractivity contribution in [1.82, 2.24) is 20.1 Å². The summed E-state index contributed by atoms with van der Waals surface area (Å²) in [6.07, 6.45) is 2.30. The van der Waals surface area contributed by atoms with Gasteiger partial charge in [-0.1, -0.05) is 6.92 Å². The van der Waals surface area contributed by atoms with E-state index in [2.05, 4.69) is 22.3 Å². The van der Waals surface area contributed by atoms with Crippen LogP contribution in [0.25, 0.3) is 0 Å². The van der Waals surface area contributed by atoms with Gasteiger partial charge in [0.2, 0.25) is 5.95 Å². The highest BCUT2D eigenvalue weighted by Gasteiger charge is 2.32. The molecule has 1 atom stereocenters. The number of nitrogens with one attached hydrogen (secondary N) is 1. The van der Waals surface area contributed by atoms with Crippen molar-refractivity contribution in [3.05, 3.63) is 5.82 Å². The summed E-state index contributed by atoms with van der Waals surface area (Å²) in [5.41, 5.74) is 5.72. The molecule has 0 spiro atoms. The molecule has 1 saturated heterocycles. The van der Waals surface area contributed by atoms with Gasteiger partial charge < -0.3 is 11.1 Å². The Balaban J connectivity index is 2.28. The number of hydrogen-bond acceptors (Lipinski definition) is 4. The van der Waals surface area contributed by atoms with Crippen molar-refractivity contribution in [2.45, 2.75) is 25.2 Å². The van der Waals surface area contributed by atoms with Crippen molar-refractivity contribution in [1.29, 1.82) is 0 Å². The Morgan fingerprint density at radius 1 is 1.57 bits per heavy atom. The molecule has 1 aliphatic heterocycles. The molecule has 0 aromatic carbocycles. The van der Waals surface area contributed by atoms with Crippen LogP contribution >= 0.6 is 0 Å². The minimum atomic E-state index is 0.0492. The van der Waals surface area contributed by atoms with E-state index in [1.54, 1.807) is 4.68 Å². The topological polar surface area (TPSA) is 68.8 Å². The highest BCUT2D eigenvalue weighted by atomic mass is 15.4. The Labute approximate surface area is 83.7 Å². The van der Waals surface area contributed by atoms with Crippen molar-refractivity contribution in [3.63, 3.8) is 0 Å². The minimum absolute atomic E-state index is 0.0492. The Morgan fingerprint density at radius 2 is 2.36 bits per heavy atom. The van der Waals surface area contributed by atoms with Gasteiger partial charge in [0.25, 0.3) is 0 Å². The highest BCUT2D eigenvalue weighted by Crippen LogP contribution is 2.28. The lowest BCUT2D eigenvalue weighted by atomic mass is 9.82. The zero-order valence-corrected chi connectivity index (χ0v) is 8.75. The molecule has 0 saturated carbocycles. The second-order valence-corrected chi connectivity index (χ2v) is 4.26. The highest BCUT2D eigenvalue weighted by molar-refractivity contribution is 5.20. The molecule has 78 valence electrons. The van der Waals surface area contributed by atoms with E-state index in [-0.39, 0.29) is 5.41 Å². The number of nitrogens with zero attached hydrogens (tertiary/aromatic N) is 3. The van der Waals surface area contributed by atoms with Crippen LogP contribution in [0.2, 0.25) is 0 Å². The second-order valence-electron chi connectivity index (χ2n) is 4.26. The standard InChI is InChI=1S/C9H17N5/c1-9(4-3-5-11-6-9)7-12-8(10)14(2)13-7/h11H,3-6H2,1-2H3,(H2,10,12,13). The SMILES string of the molecule is Cn1nc(C2(C)CCCNC2)nc1N. The van der Waals surface area contributed by atoms with Gasteiger partial charge in [-0.3, -0.25) is 0 Å². The lowest BCUT2D eigenvalue weighted by Crippen LogP contribution is -2.41. The van der Waals surface area contributed by atoms with Crippen LogP contribution in [-0.4, -0.2) is 27.9 Å². The quantitative estimate of drug-likeness (QED) is 0.664. The van der Waals surface area contributed by atoms with E-state index < -0.39 is 0 Å². The first-order valence-corrected chi connectivity index (χ1v) is 4.99. The zero-order chi connectivity index (χ0) is 10.2. The maximum Gasteiger partial charge on any atom is 0.218 e. The number of rotatable bonds is 1. The maximum absolute atomic E-state index is 5.68. The number of nitrogen functional groups attached to an aromatic ring is 1. The van der Waals surface area contributed by atoms with Gasteiger partial charge in [0.15, 0.2) is 5.82 Å². The molecule has 1 aromatic rings. The average Bonchev–Trinajstić information content (AvgIpc) is 2.49. The molecular weight excluding hydrogens is 178 g/mol. The van der Waals surface area contributed by atoms with Gasteiger partial charge in [-0.05, 0) is 19.4 Å². The van der Waals surface area contributed by atoms with Crippen molar-refractivity contribution < 1.29 is 0 Å². The fourth-order valence-electron chi connectivity index (χ4n) is 1.90. The molecule has 0 amide bonds. The normalized spacial score (nSPS) is 27.9.